The van der Waals surface area contributed by atoms with Crippen LogP contribution in [0, 0.1) is 10.1 Å². The van der Waals surface area contributed by atoms with E-state index in [-0.39, 0.29) is 22.8 Å². The van der Waals surface area contributed by atoms with Crippen molar-refractivity contribution in [1.82, 2.24) is 0 Å². The Morgan fingerprint density at radius 1 is 1.03 bits per heavy atom. The number of hydrogen-bond donors (Lipinski definition) is 2. The molecule has 1 aliphatic heterocycles. The molecule has 1 fully saturated rings. The number of benzene rings is 2. The Hall–Kier alpha value is -2.49. The number of likely N-dealkylation sites (tertiary alicyclic amines) is 1. The predicted molar refractivity (Wildman–Crippen MR) is 109 cm³/mol. The van der Waals surface area contributed by atoms with Gasteiger partial charge in [-0.15, -0.1) is 0 Å². The summed E-state index contributed by atoms with van der Waals surface area (Å²) in [4.78, 5) is 11.8. The number of quaternary nitrogens is 1. The van der Waals surface area contributed by atoms with E-state index in [1.54, 1.807) is 18.2 Å². The van der Waals surface area contributed by atoms with E-state index in [1.165, 1.54) is 47.7 Å². The molecule has 0 unspecified atom stereocenters. The quantitative estimate of drug-likeness (QED) is 0.494. The summed E-state index contributed by atoms with van der Waals surface area (Å²) in [6.45, 7) is 2.30. The highest BCUT2D eigenvalue weighted by Crippen LogP contribution is 2.26. The highest BCUT2D eigenvalue weighted by atomic mass is 32.2. The molecule has 0 amide bonds. The topological polar surface area (TPSA) is 105 Å². The largest absolute Gasteiger partial charge is 0.385 e. The van der Waals surface area contributed by atoms with Gasteiger partial charge in [-0.3, -0.25) is 14.4 Å². The first-order valence-corrected chi connectivity index (χ1v) is 11.2. The van der Waals surface area contributed by atoms with E-state index < -0.39 is 21.1 Å². The Balaban J connectivity index is 1.87. The van der Waals surface area contributed by atoms with Crippen molar-refractivity contribution in [3.63, 3.8) is 0 Å². The van der Waals surface area contributed by atoms with Gasteiger partial charge >= 0.3 is 0 Å². The number of hydrogen-bond acceptors (Lipinski definition) is 5. The van der Waals surface area contributed by atoms with E-state index in [2.05, 4.69) is 0 Å². The lowest BCUT2D eigenvalue weighted by atomic mass is 10.1. The van der Waals surface area contributed by atoms with Crippen molar-refractivity contribution in [2.75, 3.05) is 30.5 Å². The second kappa shape index (κ2) is 9.34. The number of rotatable bonds is 8. The molecular weight excluding hydrogens is 394 g/mol. The fourth-order valence-corrected chi connectivity index (χ4v) is 5.17. The van der Waals surface area contributed by atoms with Crippen LogP contribution >= 0.6 is 0 Å². The third-order valence-corrected chi connectivity index (χ3v) is 6.95. The molecule has 1 heterocycles. The number of nitrogens with one attached hydrogen (secondary N) is 1. The lowest BCUT2D eigenvalue weighted by Gasteiger charge is -2.30. The normalized spacial score (nSPS) is 16.3. The van der Waals surface area contributed by atoms with Crippen molar-refractivity contribution in [3.05, 3.63) is 64.7 Å². The molecule has 0 aliphatic carbocycles. The van der Waals surface area contributed by atoms with Gasteiger partial charge in [0.1, 0.15) is 12.6 Å². The zero-order valence-electron chi connectivity index (χ0n) is 16.1. The van der Waals surface area contributed by atoms with Gasteiger partial charge in [0.2, 0.25) is 0 Å². The first-order valence-electron chi connectivity index (χ1n) is 9.72. The van der Waals surface area contributed by atoms with Crippen LogP contribution in [0.1, 0.15) is 19.3 Å². The number of piperidine rings is 1. The SMILES string of the molecule is O=[N+]([O-])c1ccc(N(C[C@@H](O)C[NH+]2CCCCC2)S(=O)(=O)c2ccccc2)cc1. The van der Waals surface area contributed by atoms with Gasteiger partial charge in [0.25, 0.3) is 15.7 Å². The molecule has 8 nitrogen and oxygen atoms in total. The van der Waals surface area contributed by atoms with Crippen LogP contribution in [0.5, 0.6) is 0 Å². The average molecular weight is 421 g/mol. The Kier molecular flexibility index (Phi) is 6.83. The van der Waals surface area contributed by atoms with Crippen molar-refractivity contribution < 1.29 is 23.3 Å². The van der Waals surface area contributed by atoms with Gasteiger partial charge in [-0.25, -0.2) is 8.42 Å². The van der Waals surface area contributed by atoms with Gasteiger partial charge in [0.15, 0.2) is 0 Å². The summed E-state index contributed by atoms with van der Waals surface area (Å²) in [5.74, 6) is 0. The van der Waals surface area contributed by atoms with Crippen LogP contribution in [0.15, 0.2) is 59.5 Å². The standard InChI is InChI=1S/C20H25N3O5S/c24-19(15-21-13-5-2-6-14-21)16-22(17-9-11-18(12-10-17)23(25)26)29(27,28)20-7-3-1-4-8-20/h1,3-4,7-12,19,24H,2,5-6,13-16H2/p+1/t19-/m0/s1. The van der Waals surface area contributed by atoms with Gasteiger partial charge in [0.05, 0.1) is 35.1 Å². The fourth-order valence-electron chi connectivity index (χ4n) is 3.65. The molecule has 0 radical (unpaired) electrons. The van der Waals surface area contributed by atoms with E-state index in [1.807, 2.05) is 0 Å². The van der Waals surface area contributed by atoms with Crippen molar-refractivity contribution in [1.29, 1.82) is 0 Å². The number of sulfonamides is 1. The summed E-state index contributed by atoms with van der Waals surface area (Å²) in [7, 11) is -3.93. The van der Waals surface area contributed by atoms with Crippen LogP contribution in [0.3, 0.4) is 0 Å². The number of aliphatic hydroxyl groups is 1. The lowest BCUT2D eigenvalue weighted by molar-refractivity contribution is -0.907. The monoisotopic (exact) mass is 420 g/mol. The molecule has 9 heteroatoms. The van der Waals surface area contributed by atoms with Crippen LogP contribution in [-0.4, -0.2) is 50.7 Å². The van der Waals surface area contributed by atoms with Crippen LogP contribution in [0.25, 0.3) is 0 Å². The van der Waals surface area contributed by atoms with E-state index in [4.69, 9.17) is 0 Å². The minimum atomic E-state index is -3.93. The van der Waals surface area contributed by atoms with Crippen LogP contribution < -0.4 is 9.21 Å². The maximum Gasteiger partial charge on any atom is 0.269 e. The molecule has 3 rings (SSSR count). The highest BCUT2D eigenvalue weighted by molar-refractivity contribution is 7.92. The molecule has 1 atom stereocenters. The zero-order valence-corrected chi connectivity index (χ0v) is 16.9. The maximum atomic E-state index is 13.3. The molecule has 0 bridgehead atoms. The zero-order chi connectivity index (χ0) is 20.9. The van der Waals surface area contributed by atoms with Gasteiger partial charge < -0.3 is 10.0 Å². The summed E-state index contributed by atoms with van der Waals surface area (Å²) in [5.41, 5.74) is 0.163. The van der Waals surface area contributed by atoms with E-state index in [0.717, 1.165) is 30.2 Å². The Morgan fingerprint density at radius 2 is 1.66 bits per heavy atom. The summed E-state index contributed by atoms with van der Waals surface area (Å²) in [6.07, 6.45) is 2.56. The van der Waals surface area contributed by atoms with E-state index in [9.17, 15) is 23.6 Å². The van der Waals surface area contributed by atoms with E-state index in [0.29, 0.717) is 6.54 Å². The predicted octanol–water partition coefficient (Wildman–Crippen LogP) is 1.22. The maximum absolute atomic E-state index is 13.3. The third-order valence-electron chi connectivity index (χ3n) is 5.14. The fraction of sp³-hybridized carbons (Fsp3) is 0.400. The Morgan fingerprint density at radius 3 is 2.24 bits per heavy atom. The molecular formula is C20H26N3O5S+. The summed E-state index contributed by atoms with van der Waals surface area (Å²) in [5, 5.41) is 21.6. The Bertz CT molecular complexity index is 913. The second-order valence-corrected chi connectivity index (χ2v) is 9.15. The molecule has 2 N–H and O–H groups in total. The van der Waals surface area contributed by atoms with Gasteiger partial charge in [-0.2, -0.15) is 0 Å². The van der Waals surface area contributed by atoms with Gasteiger partial charge in [-0.1, -0.05) is 18.2 Å². The van der Waals surface area contributed by atoms with Crippen molar-refractivity contribution in [2.45, 2.75) is 30.3 Å². The first kappa shape index (κ1) is 21.2. The average Bonchev–Trinajstić information content (AvgIpc) is 2.73. The lowest BCUT2D eigenvalue weighted by Crippen LogP contribution is -3.14. The number of aliphatic hydroxyl groups excluding tert-OH is 1. The molecule has 29 heavy (non-hydrogen) atoms. The van der Waals surface area contributed by atoms with Gasteiger partial charge in [0, 0.05) is 12.1 Å². The molecule has 2 aromatic rings. The highest BCUT2D eigenvalue weighted by Gasteiger charge is 2.29. The Labute approximate surface area is 170 Å². The number of nitro benzene ring substituents is 1. The summed E-state index contributed by atoms with van der Waals surface area (Å²) < 4.78 is 27.6. The minimum absolute atomic E-state index is 0.107. The summed E-state index contributed by atoms with van der Waals surface area (Å²) >= 11 is 0. The smallest absolute Gasteiger partial charge is 0.269 e. The third kappa shape index (κ3) is 5.31. The van der Waals surface area contributed by atoms with Crippen LogP contribution in [0.4, 0.5) is 11.4 Å². The molecule has 1 aliphatic rings. The second-order valence-electron chi connectivity index (χ2n) is 7.29. The van der Waals surface area contributed by atoms with Crippen LogP contribution in [0.2, 0.25) is 0 Å². The number of anilines is 1. The van der Waals surface area contributed by atoms with Gasteiger partial charge in [-0.05, 0) is 43.5 Å². The molecule has 1 saturated heterocycles. The van der Waals surface area contributed by atoms with E-state index >= 15 is 0 Å². The molecule has 0 saturated carbocycles. The van der Waals surface area contributed by atoms with Crippen molar-refractivity contribution >= 4 is 21.4 Å². The molecule has 0 spiro atoms. The molecule has 0 aromatic heterocycles. The number of nitro groups is 1. The minimum Gasteiger partial charge on any atom is -0.385 e. The molecule has 2 aromatic carbocycles. The molecule has 156 valence electrons. The van der Waals surface area contributed by atoms with Crippen LogP contribution in [-0.2, 0) is 10.0 Å². The first-order chi connectivity index (χ1) is 13.9. The number of nitrogens with zero attached hydrogens (tertiary/aromatic N) is 2. The van der Waals surface area contributed by atoms with Crippen molar-refractivity contribution in [2.24, 2.45) is 0 Å². The summed E-state index contributed by atoms with van der Waals surface area (Å²) in [6, 6.07) is 13.3. The van der Waals surface area contributed by atoms with Crippen molar-refractivity contribution in [3.8, 4) is 0 Å². The number of non-ortho nitro benzene ring substituents is 1.